The molecule has 1 aromatic rings. The second kappa shape index (κ2) is 3.17. The Morgan fingerprint density at radius 2 is 2.17 bits per heavy atom. The Kier molecular flexibility index (Phi) is 2.23. The van der Waals surface area contributed by atoms with Gasteiger partial charge >= 0.3 is 0 Å². The number of anilines is 2. The van der Waals surface area contributed by atoms with Crippen molar-refractivity contribution in [2.75, 3.05) is 24.7 Å². The Hall–Kier alpha value is -1.65. The summed E-state index contributed by atoms with van der Waals surface area (Å²) >= 11 is 0. The summed E-state index contributed by atoms with van der Waals surface area (Å²) in [5.41, 5.74) is 6.09. The number of aromatic nitrogens is 2. The highest BCUT2D eigenvalue weighted by Crippen LogP contribution is 2.27. The van der Waals surface area contributed by atoms with Gasteiger partial charge in [-0.3, -0.25) is 4.99 Å². The van der Waals surface area contributed by atoms with E-state index in [1.54, 1.807) is 0 Å². The second-order valence-corrected chi connectivity index (χ2v) is 2.48. The summed E-state index contributed by atoms with van der Waals surface area (Å²) in [6, 6.07) is 0. The molecule has 2 N–H and O–H groups in total. The van der Waals surface area contributed by atoms with Crippen molar-refractivity contribution in [3.8, 4) is 0 Å². The van der Waals surface area contributed by atoms with E-state index in [1.165, 1.54) is 6.33 Å². The van der Waals surface area contributed by atoms with Gasteiger partial charge in [0.25, 0.3) is 0 Å². The van der Waals surface area contributed by atoms with E-state index >= 15 is 0 Å². The van der Waals surface area contributed by atoms with Gasteiger partial charge in [0.05, 0.1) is 0 Å². The van der Waals surface area contributed by atoms with Crippen LogP contribution in [0.1, 0.15) is 0 Å². The van der Waals surface area contributed by atoms with Crippen molar-refractivity contribution in [3.63, 3.8) is 0 Å². The SMILES string of the molecule is C=Nc1c(N)ncnc1N(C)C. The van der Waals surface area contributed by atoms with Crippen LogP contribution in [0.4, 0.5) is 17.3 Å². The van der Waals surface area contributed by atoms with Gasteiger partial charge in [0, 0.05) is 14.1 Å². The summed E-state index contributed by atoms with van der Waals surface area (Å²) in [5.74, 6) is 1.03. The van der Waals surface area contributed by atoms with Crippen LogP contribution in [0.15, 0.2) is 11.3 Å². The fraction of sp³-hybridized carbons (Fsp3) is 0.286. The minimum absolute atomic E-state index is 0.351. The smallest absolute Gasteiger partial charge is 0.159 e. The molecule has 1 aromatic heterocycles. The predicted octanol–water partition coefficient (Wildman–Crippen LogP) is 0.457. The van der Waals surface area contributed by atoms with Crippen molar-refractivity contribution < 1.29 is 0 Å². The van der Waals surface area contributed by atoms with E-state index in [1.807, 2.05) is 19.0 Å². The van der Waals surface area contributed by atoms with Crippen molar-refractivity contribution in [2.45, 2.75) is 0 Å². The number of nitrogen functional groups attached to an aromatic ring is 1. The predicted molar refractivity (Wildman–Crippen MR) is 50.0 cm³/mol. The fourth-order valence-corrected chi connectivity index (χ4v) is 0.862. The molecule has 0 aliphatic heterocycles. The maximum Gasteiger partial charge on any atom is 0.159 e. The molecular weight excluding hydrogens is 154 g/mol. The summed E-state index contributed by atoms with van der Waals surface area (Å²) in [4.78, 5) is 13.4. The lowest BCUT2D eigenvalue weighted by molar-refractivity contribution is 1.04. The third-order valence-corrected chi connectivity index (χ3v) is 1.41. The molecule has 0 aliphatic rings. The average molecular weight is 165 g/mol. The summed E-state index contributed by atoms with van der Waals surface area (Å²) in [7, 11) is 3.72. The first-order chi connectivity index (χ1) is 5.66. The van der Waals surface area contributed by atoms with E-state index in [-0.39, 0.29) is 0 Å². The Balaban J connectivity index is 3.27. The van der Waals surface area contributed by atoms with Gasteiger partial charge in [-0.1, -0.05) is 0 Å². The first kappa shape index (κ1) is 8.45. The van der Waals surface area contributed by atoms with E-state index in [0.29, 0.717) is 17.3 Å². The van der Waals surface area contributed by atoms with Gasteiger partial charge in [-0.05, 0) is 6.72 Å². The molecule has 0 bridgehead atoms. The first-order valence-electron chi connectivity index (χ1n) is 3.41. The Morgan fingerprint density at radius 3 is 2.58 bits per heavy atom. The second-order valence-electron chi connectivity index (χ2n) is 2.48. The van der Waals surface area contributed by atoms with Gasteiger partial charge in [0.15, 0.2) is 11.6 Å². The van der Waals surface area contributed by atoms with Gasteiger partial charge in [0.1, 0.15) is 12.0 Å². The van der Waals surface area contributed by atoms with Crippen LogP contribution in [0.25, 0.3) is 0 Å². The highest BCUT2D eigenvalue weighted by molar-refractivity contribution is 5.74. The van der Waals surface area contributed by atoms with E-state index in [0.717, 1.165) is 0 Å². The Bertz CT molecular complexity index is 294. The lowest BCUT2D eigenvalue weighted by Crippen LogP contribution is -2.11. The number of hydrogen-bond acceptors (Lipinski definition) is 5. The van der Waals surface area contributed by atoms with Crippen molar-refractivity contribution in [1.29, 1.82) is 0 Å². The minimum Gasteiger partial charge on any atom is -0.382 e. The van der Waals surface area contributed by atoms with E-state index in [4.69, 9.17) is 5.73 Å². The summed E-state index contributed by atoms with van der Waals surface area (Å²) in [6.07, 6.45) is 1.40. The molecule has 0 unspecified atom stereocenters. The molecular formula is C7H11N5. The summed E-state index contributed by atoms with van der Waals surface area (Å²) in [6.45, 7) is 3.40. The van der Waals surface area contributed by atoms with Crippen LogP contribution in [0.2, 0.25) is 0 Å². The topological polar surface area (TPSA) is 67.4 Å². The zero-order chi connectivity index (χ0) is 9.14. The molecule has 0 radical (unpaired) electrons. The van der Waals surface area contributed by atoms with Crippen LogP contribution in [-0.4, -0.2) is 30.8 Å². The first-order valence-corrected chi connectivity index (χ1v) is 3.41. The molecule has 0 aromatic carbocycles. The number of nitrogens with zero attached hydrogens (tertiary/aromatic N) is 4. The lowest BCUT2D eigenvalue weighted by Gasteiger charge is -2.13. The maximum atomic E-state index is 5.56. The van der Waals surface area contributed by atoms with E-state index in [9.17, 15) is 0 Å². The van der Waals surface area contributed by atoms with Crippen LogP contribution in [0.5, 0.6) is 0 Å². The summed E-state index contributed by atoms with van der Waals surface area (Å²) in [5, 5.41) is 0. The maximum absolute atomic E-state index is 5.56. The highest BCUT2D eigenvalue weighted by Gasteiger charge is 2.07. The van der Waals surface area contributed by atoms with Gasteiger partial charge in [-0.15, -0.1) is 0 Å². The third kappa shape index (κ3) is 1.34. The van der Waals surface area contributed by atoms with Crippen LogP contribution in [0, 0.1) is 0 Å². The Morgan fingerprint density at radius 1 is 1.50 bits per heavy atom. The number of hydrogen-bond donors (Lipinski definition) is 1. The fourth-order valence-electron chi connectivity index (χ4n) is 0.862. The van der Waals surface area contributed by atoms with Crippen LogP contribution >= 0.6 is 0 Å². The molecule has 1 heterocycles. The normalized spacial score (nSPS) is 9.50. The molecule has 0 spiro atoms. The van der Waals surface area contributed by atoms with E-state index in [2.05, 4.69) is 21.7 Å². The quantitative estimate of drug-likeness (QED) is 0.646. The largest absolute Gasteiger partial charge is 0.382 e. The molecule has 5 nitrogen and oxygen atoms in total. The molecule has 5 heteroatoms. The molecule has 0 saturated carbocycles. The monoisotopic (exact) mass is 165 g/mol. The van der Waals surface area contributed by atoms with Crippen molar-refractivity contribution in [1.82, 2.24) is 9.97 Å². The molecule has 0 saturated heterocycles. The van der Waals surface area contributed by atoms with Crippen LogP contribution < -0.4 is 10.6 Å². The Labute approximate surface area is 71.0 Å². The molecule has 0 amide bonds. The molecule has 0 fully saturated rings. The van der Waals surface area contributed by atoms with E-state index < -0.39 is 0 Å². The number of aliphatic imine (C=N–C) groups is 1. The van der Waals surface area contributed by atoms with Crippen molar-refractivity contribution in [2.24, 2.45) is 4.99 Å². The van der Waals surface area contributed by atoms with Gasteiger partial charge in [-0.2, -0.15) is 0 Å². The zero-order valence-electron chi connectivity index (χ0n) is 7.15. The molecule has 1 rings (SSSR count). The molecule has 0 atom stereocenters. The summed E-state index contributed by atoms with van der Waals surface area (Å²) < 4.78 is 0. The lowest BCUT2D eigenvalue weighted by atomic mass is 10.4. The average Bonchev–Trinajstić information content (AvgIpc) is 2.03. The van der Waals surface area contributed by atoms with Crippen LogP contribution in [0.3, 0.4) is 0 Å². The number of nitrogens with two attached hydrogens (primary N) is 1. The van der Waals surface area contributed by atoms with Crippen molar-refractivity contribution >= 4 is 24.0 Å². The molecule has 64 valence electrons. The van der Waals surface area contributed by atoms with Gasteiger partial charge in [0.2, 0.25) is 0 Å². The molecule has 12 heavy (non-hydrogen) atoms. The van der Waals surface area contributed by atoms with Crippen LogP contribution in [-0.2, 0) is 0 Å². The van der Waals surface area contributed by atoms with Gasteiger partial charge < -0.3 is 10.6 Å². The third-order valence-electron chi connectivity index (χ3n) is 1.41. The zero-order valence-corrected chi connectivity index (χ0v) is 7.15. The number of rotatable bonds is 2. The minimum atomic E-state index is 0.351. The standard InChI is InChI=1S/C7H11N5/c1-9-5-6(8)10-4-11-7(5)12(2)3/h4H,1H2,2-3H3,(H2,8,10,11). The van der Waals surface area contributed by atoms with Crippen molar-refractivity contribution in [3.05, 3.63) is 6.33 Å². The van der Waals surface area contributed by atoms with Gasteiger partial charge in [-0.25, -0.2) is 9.97 Å². The molecule has 0 aliphatic carbocycles. The highest BCUT2D eigenvalue weighted by atomic mass is 15.2.